The number of hydrogen-bond donors (Lipinski definition) is 1. The van der Waals surface area contributed by atoms with Gasteiger partial charge in [0.15, 0.2) is 5.82 Å². The van der Waals surface area contributed by atoms with Crippen molar-refractivity contribution in [2.75, 3.05) is 5.73 Å². The Balaban J connectivity index is 3.81. The third kappa shape index (κ3) is 3.37. The number of nitrogens with zero attached hydrogens (tertiary/aromatic N) is 3. The molecule has 19 heavy (non-hydrogen) atoms. The summed E-state index contributed by atoms with van der Waals surface area (Å²) >= 11 is 5.71. The zero-order valence-corrected chi connectivity index (χ0v) is 10.7. The highest BCUT2D eigenvalue weighted by Crippen LogP contribution is 2.16. The molecule has 0 saturated heterocycles. The molecule has 0 aliphatic rings. The van der Waals surface area contributed by atoms with E-state index in [9.17, 15) is 23.3 Å². The molecule has 10 heteroatoms. The first-order valence-electron chi connectivity index (χ1n) is 4.95. The number of halogens is 4. The molecular formula is C9H10ClF3N4O2. The summed E-state index contributed by atoms with van der Waals surface area (Å²) in [7, 11) is 0. The molecule has 1 rings (SSSR count). The third-order valence-electron chi connectivity index (χ3n) is 2.27. The largest absolute Gasteiger partial charge is 0.408 e. The fourth-order valence-corrected chi connectivity index (χ4v) is 1.74. The van der Waals surface area contributed by atoms with Crippen LogP contribution in [0.5, 0.6) is 0 Å². The van der Waals surface area contributed by atoms with E-state index in [2.05, 4.69) is 5.10 Å². The van der Waals surface area contributed by atoms with Gasteiger partial charge in [0.05, 0.1) is 10.1 Å². The van der Waals surface area contributed by atoms with Crippen LogP contribution in [0, 0.1) is 10.1 Å². The second kappa shape index (κ2) is 5.08. The van der Waals surface area contributed by atoms with Gasteiger partial charge in [0.25, 0.3) is 5.70 Å². The number of aromatic nitrogens is 2. The predicted octanol–water partition coefficient (Wildman–Crippen LogP) is 0.799. The van der Waals surface area contributed by atoms with E-state index in [1.807, 2.05) is 0 Å². The summed E-state index contributed by atoms with van der Waals surface area (Å²) in [6.45, 7) is 0.943. The fraction of sp³-hybridized carbons (Fsp3) is 0.444. The van der Waals surface area contributed by atoms with Crippen LogP contribution in [-0.2, 0) is 6.54 Å². The van der Waals surface area contributed by atoms with E-state index in [-0.39, 0.29) is 21.4 Å². The molecule has 0 saturated carbocycles. The first kappa shape index (κ1) is 15.3. The molecule has 1 aromatic rings. The van der Waals surface area contributed by atoms with Gasteiger partial charge in [-0.2, -0.15) is 18.3 Å². The smallest absolute Gasteiger partial charge is 0.382 e. The van der Waals surface area contributed by atoms with Crippen molar-refractivity contribution >= 4 is 28.1 Å². The van der Waals surface area contributed by atoms with Crippen LogP contribution in [0.2, 0.25) is 0 Å². The van der Waals surface area contributed by atoms with E-state index < -0.39 is 23.3 Å². The first-order valence-corrected chi connectivity index (χ1v) is 5.33. The number of nitrogens with two attached hydrogens (primary N) is 1. The highest BCUT2D eigenvalue weighted by Gasteiger charge is 2.30. The summed E-state index contributed by atoms with van der Waals surface area (Å²) in [6.07, 6.45) is -4.58. The second-order valence-electron chi connectivity index (χ2n) is 3.76. The number of nitrogen functional groups attached to an aromatic ring is 1. The third-order valence-corrected chi connectivity index (χ3v) is 2.46. The zero-order chi connectivity index (χ0) is 15.0. The highest BCUT2D eigenvalue weighted by molar-refractivity contribution is 6.44. The molecule has 1 heterocycles. The summed E-state index contributed by atoms with van der Waals surface area (Å²) in [5.74, 6) is -0.284. The highest BCUT2D eigenvalue weighted by atomic mass is 35.5. The summed E-state index contributed by atoms with van der Waals surface area (Å²) in [5.41, 5.74) is 4.95. The Bertz CT molecular complexity index is 631. The Hall–Kier alpha value is -1.77. The Morgan fingerprint density at radius 1 is 1.53 bits per heavy atom. The predicted molar refractivity (Wildman–Crippen MR) is 63.0 cm³/mol. The molecule has 0 radical (unpaired) electrons. The van der Waals surface area contributed by atoms with Crippen molar-refractivity contribution in [2.24, 2.45) is 0 Å². The van der Waals surface area contributed by atoms with Crippen molar-refractivity contribution in [3.8, 4) is 0 Å². The van der Waals surface area contributed by atoms with Gasteiger partial charge in [0, 0.05) is 12.0 Å². The van der Waals surface area contributed by atoms with Crippen LogP contribution < -0.4 is 16.3 Å². The normalized spacial score (nSPS) is 15.3. The van der Waals surface area contributed by atoms with Gasteiger partial charge in [-0.3, -0.25) is 10.1 Å². The molecular weight excluding hydrogens is 289 g/mol. The van der Waals surface area contributed by atoms with E-state index in [1.165, 1.54) is 6.92 Å². The van der Waals surface area contributed by atoms with E-state index in [4.69, 9.17) is 17.3 Å². The zero-order valence-electron chi connectivity index (χ0n) is 9.95. The molecule has 0 spiro atoms. The maximum atomic E-state index is 12.4. The lowest BCUT2D eigenvalue weighted by molar-refractivity contribution is -0.379. The van der Waals surface area contributed by atoms with Gasteiger partial charge in [0.1, 0.15) is 11.9 Å². The Labute approximate surface area is 110 Å². The minimum absolute atomic E-state index is 0.0297. The molecule has 0 aromatic carbocycles. The minimum Gasteiger partial charge on any atom is -0.382 e. The maximum absolute atomic E-state index is 12.4. The van der Waals surface area contributed by atoms with Crippen LogP contribution in [0.3, 0.4) is 0 Å². The molecule has 106 valence electrons. The Morgan fingerprint density at radius 2 is 2.05 bits per heavy atom. The standard InChI is InChI=1S/C9H10ClF3N4O2/c1-4(10)6-7(5(2)17(18)19)16(15-8(6)14)3-9(11,12)13/h3H2,1-2H3,(H2,14,15)/b6-4-,7-5-. The van der Waals surface area contributed by atoms with Crippen molar-refractivity contribution in [3.05, 3.63) is 20.7 Å². The van der Waals surface area contributed by atoms with Gasteiger partial charge in [-0.15, -0.1) is 0 Å². The van der Waals surface area contributed by atoms with Crippen LogP contribution in [0.4, 0.5) is 19.0 Å². The van der Waals surface area contributed by atoms with E-state index in [0.717, 1.165) is 6.92 Å². The molecule has 1 aromatic heterocycles. The quantitative estimate of drug-likeness (QED) is 0.646. The van der Waals surface area contributed by atoms with Crippen molar-refractivity contribution < 1.29 is 18.1 Å². The number of hydrogen-bond acceptors (Lipinski definition) is 4. The lowest BCUT2D eigenvalue weighted by atomic mass is 10.3. The molecule has 0 aliphatic carbocycles. The molecule has 6 nitrogen and oxygen atoms in total. The maximum Gasteiger partial charge on any atom is 0.408 e. The monoisotopic (exact) mass is 298 g/mol. The van der Waals surface area contributed by atoms with Gasteiger partial charge in [-0.25, -0.2) is 4.68 Å². The average Bonchev–Trinajstić information content (AvgIpc) is 2.50. The van der Waals surface area contributed by atoms with Crippen LogP contribution >= 0.6 is 11.6 Å². The average molecular weight is 299 g/mol. The van der Waals surface area contributed by atoms with Crippen molar-refractivity contribution in [3.63, 3.8) is 0 Å². The first-order chi connectivity index (χ1) is 8.54. The Kier molecular flexibility index (Phi) is 4.09. The number of alkyl halides is 3. The molecule has 0 bridgehead atoms. The number of anilines is 1. The number of rotatable bonds is 2. The van der Waals surface area contributed by atoms with Crippen LogP contribution in [0.15, 0.2) is 0 Å². The topological polar surface area (TPSA) is 87.0 Å². The molecule has 0 fully saturated rings. The van der Waals surface area contributed by atoms with Gasteiger partial charge < -0.3 is 5.73 Å². The molecule has 0 amide bonds. The lowest BCUT2D eigenvalue weighted by Gasteiger charge is -2.06. The fourth-order valence-electron chi connectivity index (χ4n) is 1.56. The van der Waals surface area contributed by atoms with Crippen molar-refractivity contribution in [1.29, 1.82) is 0 Å². The van der Waals surface area contributed by atoms with E-state index in [0.29, 0.717) is 4.68 Å². The molecule has 2 N–H and O–H groups in total. The second-order valence-corrected chi connectivity index (χ2v) is 4.32. The number of nitro groups is 1. The van der Waals surface area contributed by atoms with Crippen molar-refractivity contribution in [2.45, 2.75) is 26.6 Å². The molecule has 0 atom stereocenters. The summed E-state index contributed by atoms with van der Waals surface area (Å²) in [4.78, 5) is 9.94. The summed E-state index contributed by atoms with van der Waals surface area (Å²) in [5, 5.41) is 13.9. The minimum atomic E-state index is -4.58. The van der Waals surface area contributed by atoms with Crippen LogP contribution in [0.25, 0.3) is 10.7 Å². The Morgan fingerprint density at radius 3 is 2.42 bits per heavy atom. The SMILES string of the molecule is C/C(Cl)=c1/c(N)nn(CC(F)(F)F)/c1=C(/C)[N+](=O)[O-]. The summed E-state index contributed by atoms with van der Waals surface area (Å²) < 4.78 is 37.7. The van der Waals surface area contributed by atoms with Crippen molar-refractivity contribution in [1.82, 2.24) is 9.78 Å². The van der Waals surface area contributed by atoms with Gasteiger partial charge in [0.2, 0.25) is 0 Å². The molecule has 0 unspecified atom stereocenters. The van der Waals surface area contributed by atoms with E-state index in [1.54, 1.807) is 0 Å². The lowest BCUT2D eigenvalue weighted by Crippen LogP contribution is -2.37. The van der Waals surface area contributed by atoms with Gasteiger partial charge in [-0.05, 0) is 6.92 Å². The van der Waals surface area contributed by atoms with Crippen LogP contribution in [0.1, 0.15) is 13.8 Å². The molecule has 0 aliphatic heterocycles. The van der Waals surface area contributed by atoms with Gasteiger partial charge >= 0.3 is 6.18 Å². The van der Waals surface area contributed by atoms with Crippen LogP contribution in [-0.4, -0.2) is 20.9 Å². The van der Waals surface area contributed by atoms with Gasteiger partial charge in [-0.1, -0.05) is 11.6 Å². The summed E-state index contributed by atoms with van der Waals surface area (Å²) in [6, 6.07) is 0. The van der Waals surface area contributed by atoms with E-state index >= 15 is 0 Å².